The Hall–Kier alpha value is -0.530. The smallest absolute Gasteiger partial charge is 0.222 e. The zero-order valence-electron chi connectivity index (χ0n) is 10.6. The summed E-state index contributed by atoms with van der Waals surface area (Å²) in [6.07, 6.45) is 11.0. The maximum Gasteiger partial charge on any atom is 0.222 e. The van der Waals surface area contributed by atoms with Crippen molar-refractivity contribution >= 4 is 5.91 Å². The second-order valence-corrected chi connectivity index (χ2v) is 5.48. The Balaban J connectivity index is 1.76. The highest BCUT2D eigenvalue weighted by Gasteiger charge is 2.26. The molecule has 1 aliphatic carbocycles. The van der Waals surface area contributed by atoms with Crippen LogP contribution in [0.2, 0.25) is 0 Å². The molecule has 2 heteroatoms. The average Bonchev–Trinajstić information content (AvgIpc) is 2.26. The second-order valence-electron chi connectivity index (χ2n) is 5.48. The van der Waals surface area contributed by atoms with E-state index in [4.69, 9.17) is 0 Å². The number of hydrogen-bond donors (Lipinski definition) is 0. The van der Waals surface area contributed by atoms with Crippen LogP contribution in [0.1, 0.15) is 64.7 Å². The van der Waals surface area contributed by atoms with E-state index >= 15 is 0 Å². The average molecular weight is 223 g/mol. The lowest BCUT2D eigenvalue weighted by Crippen LogP contribution is -2.43. The third-order valence-electron chi connectivity index (χ3n) is 4.41. The largest absolute Gasteiger partial charge is 0.340 e. The number of amides is 1. The monoisotopic (exact) mass is 223 g/mol. The van der Waals surface area contributed by atoms with Crippen LogP contribution in [0.5, 0.6) is 0 Å². The topological polar surface area (TPSA) is 20.3 Å². The molecule has 1 unspecified atom stereocenters. The van der Waals surface area contributed by atoms with E-state index in [9.17, 15) is 4.79 Å². The van der Waals surface area contributed by atoms with Gasteiger partial charge in [-0.25, -0.2) is 0 Å². The van der Waals surface area contributed by atoms with Crippen molar-refractivity contribution in [1.29, 1.82) is 0 Å². The fraction of sp³-hybridized carbons (Fsp3) is 0.929. The van der Waals surface area contributed by atoms with E-state index in [2.05, 4.69) is 11.8 Å². The molecule has 0 aromatic carbocycles. The summed E-state index contributed by atoms with van der Waals surface area (Å²) in [5, 5.41) is 0. The highest BCUT2D eigenvalue weighted by molar-refractivity contribution is 5.76. The standard InChI is InChI=1S/C14H25NO/c1-2-13-8-3-4-11-15(13)14(16)10-9-12-6-5-7-12/h12-13H,2-11H2,1H3. The lowest BCUT2D eigenvalue weighted by Gasteiger charge is -2.36. The van der Waals surface area contributed by atoms with Gasteiger partial charge in [-0.2, -0.15) is 0 Å². The molecule has 1 amide bonds. The summed E-state index contributed by atoms with van der Waals surface area (Å²) < 4.78 is 0. The number of hydrogen-bond acceptors (Lipinski definition) is 1. The van der Waals surface area contributed by atoms with E-state index in [-0.39, 0.29) is 0 Å². The molecular weight excluding hydrogens is 198 g/mol. The van der Waals surface area contributed by atoms with E-state index in [1.165, 1.54) is 38.5 Å². The van der Waals surface area contributed by atoms with E-state index in [1.54, 1.807) is 0 Å². The molecule has 0 spiro atoms. The van der Waals surface area contributed by atoms with Crippen molar-refractivity contribution in [2.45, 2.75) is 70.8 Å². The van der Waals surface area contributed by atoms with E-state index in [0.29, 0.717) is 11.9 Å². The summed E-state index contributed by atoms with van der Waals surface area (Å²) in [5.74, 6) is 1.30. The second kappa shape index (κ2) is 5.70. The molecule has 0 bridgehead atoms. The van der Waals surface area contributed by atoms with Crippen LogP contribution < -0.4 is 0 Å². The first kappa shape index (κ1) is 11.9. The van der Waals surface area contributed by atoms with Gasteiger partial charge >= 0.3 is 0 Å². The summed E-state index contributed by atoms with van der Waals surface area (Å²) >= 11 is 0. The van der Waals surface area contributed by atoms with Crippen LogP contribution >= 0.6 is 0 Å². The highest BCUT2D eigenvalue weighted by atomic mass is 16.2. The quantitative estimate of drug-likeness (QED) is 0.715. The van der Waals surface area contributed by atoms with Gasteiger partial charge in [-0.05, 0) is 38.0 Å². The molecule has 92 valence electrons. The normalized spacial score (nSPS) is 26.6. The van der Waals surface area contributed by atoms with Crippen molar-refractivity contribution in [2.75, 3.05) is 6.54 Å². The van der Waals surface area contributed by atoms with Crippen molar-refractivity contribution < 1.29 is 4.79 Å². The molecule has 1 saturated carbocycles. The first-order chi connectivity index (χ1) is 7.81. The van der Waals surface area contributed by atoms with Gasteiger partial charge in [0.05, 0.1) is 0 Å². The maximum atomic E-state index is 12.1. The van der Waals surface area contributed by atoms with Crippen molar-refractivity contribution in [3.8, 4) is 0 Å². The molecule has 2 fully saturated rings. The molecule has 0 aromatic heterocycles. The van der Waals surface area contributed by atoms with Gasteiger partial charge in [0.25, 0.3) is 0 Å². The third kappa shape index (κ3) is 2.78. The molecule has 0 aromatic rings. The van der Waals surface area contributed by atoms with Gasteiger partial charge in [-0.3, -0.25) is 4.79 Å². The Morgan fingerprint density at radius 3 is 2.62 bits per heavy atom. The molecule has 2 nitrogen and oxygen atoms in total. The molecular formula is C14H25NO. The Bertz CT molecular complexity index is 235. The van der Waals surface area contributed by atoms with Crippen LogP contribution in [-0.4, -0.2) is 23.4 Å². The molecule has 1 atom stereocenters. The molecule has 16 heavy (non-hydrogen) atoms. The van der Waals surface area contributed by atoms with Gasteiger partial charge in [0, 0.05) is 19.0 Å². The lowest BCUT2D eigenvalue weighted by atomic mass is 9.82. The van der Waals surface area contributed by atoms with Crippen molar-refractivity contribution in [2.24, 2.45) is 5.92 Å². The fourth-order valence-corrected chi connectivity index (χ4v) is 3.01. The van der Waals surface area contributed by atoms with Crippen molar-refractivity contribution in [3.05, 3.63) is 0 Å². The number of likely N-dealkylation sites (tertiary alicyclic amines) is 1. The summed E-state index contributed by atoms with van der Waals surface area (Å²) in [6.45, 7) is 3.23. The van der Waals surface area contributed by atoms with Gasteiger partial charge in [0.2, 0.25) is 5.91 Å². The SMILES string of the molecule is CCC1CCCCN1C(=O)CCC1CCC1. The number of piperidine rings is 1. The third-order valence-corrected chi connectivity index (χ3v) is 4.41. The zero-order chi connectivity index (χ0) is 11.4. The van der Waals surface area contributed by atoms with E-state index in [1.807, 2.05) is 0 Å². The molecule has 0 radical (unpaired) electrons. The molecule has 0 N–H and O–H groups in total. The minimum atomic E-state index is 0.429. The Morgan fingerprint density at radius 1 is 1.19 bits per heavy atom. The summed E-state index contributed by atoms with van der Waals surface area (Å²) in [7, 11) is 0. The Kier molecular flexibility index (Phi) is 4.25. The maximum absolute atomic E-state index is 12.1. The van der Waals surface area contributed by atoms with Gasteiger partial charge < -0.3 is 4.90 Å². The lowest BCUT2D eigenvalue weighted by molar-refractivity contribution is -0.135. The molecule has 2 rings (SSSR count). The molecule has 1 heterocycles. The predicted molar refractivity (Wildman–Crippen MR) is 66.2 cm³/mol. The van der Waals surface area contributed by atoms with Crippen LogP contribution in [0, 0.1) is 5.92 Å². The highest BCUT2D eigenvalue weighted by Crippen LogP contribution is 2.31. The van der Waals surface area contributed by atoms with E-state index in [0.717, 1.165) is 31.7 Å². The van der Waals surface area contributed by atoms with Crippen LogP contribution in [0.4, 0.5) is 0 Å². The van der Waals surface area contributed by atoms with Gasteiger partial charge in [0.15, 0.2) is 0 Å². The number of carbonyl (C=O) groups is 1. The summed E-state index contributed by atoms with van der Waals surface area (Å²) in [6, 6.07) is 0.544. The summed E-state index contributed by atoms with van der Waals surface area (Å²) in [4.78, 5) is 14.3. The van der Waals surface area contributed by atoms with Gasteiger partial charge in [-0.1, -0.05) is 26.2 Å². The van der Waals surface area contributed by atoms with Gasteiger partial charge in [-0.15, -0.1) is 0 Å². The minimum absolute atomic E-state index is 0.429. The van der Waals surface area contributed by atoms with Crippen LogP contribution in [0.3, 0.4) is 0 Å². The van der Waals surface area contributed by atoms with E-state index < -0.39 is 0 Å². The summed E-state index contributed by atoms with van der Waals surface area (Å²) in [5.41, 5.74) is 0. The molecule has 2 aliphatic rings. The van der Waals surface area contributed by atoms with Crippen LogP contribution in [0.25, 0.3) is 0 Å². The molecule has 1 saturated heterocycles. The minimum Gasteiger partial charge on any atom is -0.340 e. The van der Waals surface area contributed by atoms with Crippen molar-refractivity contribution in [1.82, 2.24) is 4.90 Å². The van der Waals surface area contributed by atoms with Gasteiger partial charge in [0.1, 0.15) is 0 Å². The number of rotatable bonds is 4. The fourth-order valence-electron chi connectivity index (χ4n) is 3.01. The number of carbonyl (C=O) groups excluding carboxylic acids is 1. The first-order valence-electron chi connectivity index (χ1n) is 7.10. The zero-order valence-corrected chi connectivity index (χ0v) is 10.6. The van der Waals surface area contributed by atoms with Crippen molar-refractivity contribution in [3.63, 3.8) is 0 Å². The first-order valence-corrected chi connectivity index (χ1v) is 7.10. The number of nitrogens with zero attached hydrogens (tertiary/aromatic N) is 1. The van der Waals surface area contributed by atoms with Crippen LogP contribution in [0.15, 0.2) is 0 Å². The Labute approximate surface area is 99.4 Å². The van der Waals surface area contributed by atoms with Crippen LogP contribution in [-0.2, 0) is 4.79 Å². The Morgan fingerprint density at radius 2 is 2.00 bits per heavy atom. The molecule has 1 aliphatic heterocycles. The predicted octanol–water partition coefficient (Wildman–Crippen LogP) is 3.36.